The number of rotatable bonds is 5. The van der Waals surface area contributed by atoms with Crippen LogP contribution < -0.4 is 5.32 Å². The summed E-state index contributed by atoms with van der Waals surface area (Å²) in [7, 11) is -1.87. The molecule has 1 atom stereocenters. The molecular formula is C10H14ClN3O4S2. The van der Waals surface area contributed by atoms with Crippen LogP contribution in [0, 0.1) is 16.0 Å². The van der Waals surface area contributed by atoms with Crippen molar-refractivity contribution in [3.05, 3.63) is 20.5 Å². The van der Waals surface area contributed by atoms with E-state index in [0.29, 0.717) is 13.1 Å². The van der Waals surface area contributed by atoms with E-state index in [9.17, 15) is 18.5 Å². The summed E-state index contributed by atoms with van der Waals surface area (Å²) in [5, 5.41) is 13.8. The quantitative estimate of drug-likeness (QED) is 0.649. The Bertz CT molecular complexity index is 616. The number of nitro groups is 1. The fourth-order valence-corrected chi connectivity index (χ4v) is 5.54. The second-order valence-electron chi connectivity index (χ2n) is 4.56. The van der Waals surface area contributed by atoms with E-state index in [1.165, 1.54) is 4.31 Å². The molecule has 0 saturated carbocycles. The number of hydrogen-bond acceptors (Lipinski definition) is 6. The molecule has 1 saturated heterocycles. The van der Waals surface area contributed by atoms with Gasteiger partial charge in [-0.3, -0.25) is 10.1 Å². The summed E-state index contributed by atoms with van der Waals surface area (Å²) >= 11 is 6.44. The molecular weight excluding hydrogens is 326 g/mol. The lowest BCUT2D eigenvalue weighted by molar-refractivity contribution is -0.384. The van der Waals surface area contributed by atoms with Crippen molar-refractivity contribution in [1.82, 2.24) is 9.62 Å². The molecule has 2 rings (SSSR count). The lowest BCUT2D eigenvalue weighted by Gasteiger charge is -2.15. The second-order valence-corrected chi connectivity index (χ2v) is 8.38. The highest BCUT2D eigenvalue weighted by atomic mass is 35.5. The van der Waals surface area contributed by atoms with Crippen LogP contribution in [0.25, 0.3) is 0 Å². The predicted molar refractivity (Wildman–Crippen MR) is 76.8 cm³/mol. The van der Waals surface area contributed by atoms with Gasteiger partial charge in [0.2, 0.25) is 0 Å². The average molecular weight is 340 g/mol. The van der Waals surface area contributed by atoms with E-state index >= 15 is 0 Å². The molecule has 1 aromatic heterocycles. The smallest absolute Gasteiger partial charge is 0.300 e. The zero-order valence-electron chi connectivity index (χ0n) is 10.7. The van der Waals surface area contributed by atoms with Gasteiger partial charge in [-0.2, -0.15) is 4.31 Å². The molecule has 112 valence electrons. The molecule has 0 aliphatic carbocycles. The topological polar surface area (TPSA) is 92.6 Å². The van der Waals surface area contributed by atoms with Crippen LogP contribution >= 0.6 is 22.9 Å². The third-order valence-corrected chi connectivity index (χ3v) is 6.83. The Morgan fingerprint density at radius 3 is 2.90 bits per heavy atom. The van der Waals surface area contributed by atoms with Gasteiger partial charge in [0.1, 0.15) is 4.21 Å². The molecule has 1 fully saturated rings. The summed E-state index contributed by atoms with van der Waals surface area (Å²) < 4.78 is 26.0. The zero-order chi connectivity index (χ0) is 14.9. The Morgan fingerprint density at radius 1 is 1.65 bits per heavy atom. The number of nitrogens with zero attached hydrogens (tertiary/aromatic N) is 2. The Kier molecular flexibility index (Phi) is 4.65. The summed E-state index contributed by atoms with van der Waals surface area (Å²) in [5.41, 5.74) is -0.360. The Labute approximate surface area is 125 Å². The molecule has 1 unspecified atom stereocenters. The molecule has 1 aliphatic heterocycles. The molecule has 2 heterocycles. The monoisotopic (exact) mass is 339 g/mol. The molecule has 1 aliphatic rings. The van der Waals surface area contributed by atoms with Gasteiger partial charge < -0.3 is 5.32 Å². The molecule has 0 radical (unpaired) electrons. The molecule has 10 heteroatoms. The van der Waals surface area contributed by atoms with Crippen LogP contribution in [-0.2, 0) is 10.0 Å². The molecule has 0 bridgehead atoms. The minimum Gasteiger partial charge on any atom is -0.319 e. The molecule has 7 nitrogen and oxygen atoms in total. The van der Waals surface area contributed by atoms with Crippen LogP contribution in [-0.4, -0.2) is 44.3 Å². The predicted octanol–water partition coefficient (Wildman–Crippen LogP) is 1.54. The van der Waals surface area contributed by atoms with Crippen molar-refractivity contribution in [3.63, 3.8) is 0 Å². The van der Waals surface area contributed by atoms with Gasteiger partial charge in [-0.15, -0.1) is 11.3 Å². The van der Waals surface area contributed by atoms with E-state index in [1.54, 1.807) is 0 Å². The van der Waals surface area contributed by atoms with E-state index < -0.39 is 14.9 Å². The van der Waals surface area contributed by atoms with Gasteiger partial charge in [0.15, 0.2) is 4.34 Å². The van der Waals surface area contributed by atoms with Crippen LogP contribution in [0.3, 0.4) is 0 Å². The Balaban J connectivity index is 2.23. The number of hydrogen-bond donors (Lipinski definition) is 1. The van der Waals surface area contributed by atoms with Gasteiger partial charge in [0.05, 0.1) is 4.92 Å². The zero-order valence-corrected chi connectivity index (χ0v) is 13.1. The highest BCUT2D eigenvalue weighted by Gasteiger charge is 2.35. The van der Waals surface area contributed by atoms with E-state index in [0.717, 1.165) is 30.4 Å². The van der Waals surface area contributed by atoms with Crippen molar-refractivity contribution in [2.45, 2.75) is 10.6 Å². The number of halogens is 1. The van der Waals surface area contributed by atoms with Gasteiger partial charge in [-0.25, -0.2) is 8.42 Å². The summed E-state index contributed by atoms with van der Waals surface area (Å²) in [5.74, 6) is 0.264. The second kappa shape index (κ2) is 5.94. The van der Waals surface area contributed by atoms with Crippen LogP contribution in [0.4, 0.5) is 5.69 Å². The minimum absolute atomic E-state index is 0.0701. The number of thiophene rings is 1. The van der Waals surface area contributed by atoms with Crippen LogP contribution in [0.1, 0.15) is 6.42 Å². The minimum atomic E-state index is -3.69. The van der Waals surface area contributed by atoms with Gasteiger partial charge >= 0.3 is 0 Å². The lowest BCUT2D eigenvalue weighted by atomic mass is 10.1. The first-order valence-corrected chi connectivity index (χ1v) is 8.58. The van der Waals surface area contributed by atoms with Crippen molar-refractivity contribution in [2.24, 2.45) is 5.92 Å². The average Bonchev–Trinajstić information content (AvgIpc) is 2.96. The van der Waals surface area contributed by atoms with Crippen LogP contribution in [0.2, 0.25) is 4.34 Å². The summed E-state index contributed by atoms with van der Waals surface area (Å²) in [6.45, 7) is 1.60. The third kappa shape index (κ3) is 2.96. The molecule has 0 spiro atoms. The van der Waals surface area contributed by atoms with E-state index in [4.69, 9.17) is 11.6 Å². The van der Waals surface area contributed by atoms with Crippen LogP contribution in [0.5, 0.6) is 0 Å². The molecule has 20 heavy (non-hydrogen) atoms. The molecule has 1 N–H and O–H groups in total. The highest BCUT2D eigenvalue weighted by Crippen LogP contribution is 2.38. The largest absolute Gasteiger partial charge is 0.319 e. The highest BCUT2D eigenvalue weighted by molar-refractivity contribution is 7.91. The summed E-state index contributed by atoms with van der Waals surface area (Å²) in [6, 6.07) is 1.04. The summed E-state index contributed by atoms with van der Waals surface area (Å²) in [6.07, 6.45) is 0.779. The van der Waals surface area contributed by atoms with E-state index in [2.05, 4.69) is 5.32 Å². The molecule has 0 aromatic carbocycles. The van der Waals surface area contributed by atoms with E-state index in [1.807, 2.05) is 7.05 Å². The maximum atomic E-state index is 12.4. The fourth-order valence-electron chi connectivity index (χ4n) is 2.19. The Morgan fingerprint density at radius 2 is 2.35 bits per heavy atom. The summed E-state index contributed by atoms with van der Waals surface area (Å²) in [4.78, 5) is 10.1. The first-order valence-electron chi connectivity index (χ1n) is 5.94. The van der Waals surface area contributed by atoms with Crippen molar-refractivity contribution in [1.29, 1.82) is 0 Å². The maximum absolute atomic E-state index is 12.4. The number of sulfonamides is 1. The van der Waals surface area contributed by atoms with Gasteiger partial charge in [0, 0.05) is 19.2 Å². The van der Waals surface area contributed by atoms with Gasteiger partial charge in [-0.1, -0.05) is 11.6 Å². The van der Waals surface area contributed by atoms with Crippen molar-refractivity contribution in [2.75, 3.05) is 26.7 Å². The van der Waals surface area contributed by atoms with Gasteiger partial charge in [-0.05, 0) is 25.9 Å². The first-order chi connectivity index (χ1) is 9.36. The van der Waals surface area contributed by atoms with Gasteiger partial charge in [0.25, 0.3) is 15.7 Å². The van der Waals surface area contributed by atoms with Crippen molar-refractivity contribution < 1.29 is 13.3 Å². The first kappa shape index (κ1) is 15.6. The normalized spacial score (nSPS) is 20.4. The van der Waals surface area contributed by atoms with Crippen molar-refractivity contribution >= 4 is 38.6 Å². The lowest BCUT2D eigenvalue weighted by Crippen LogP contribution is -2.30. The van der Waals surface area contributed by atoms with Crippen LogP contribution in [0.15, 0.2) is 10.3 Å². The fraction of sp³-hybridized carbons (Fsp3) is 0.600. The molecule has 0 amide bonds. The number of nitrogens with one attached hydrogen (secondary N) is 1. The SMILES string of the molecule is CNCC1CCN(S(=O)(=O)c2cc([N+](=O)[O-])c(Cl)s2)C1. The third-order valence-electron chi connectivity index (χ3n) is 3.18. The van der Waals surface area contributed by atoms with Crippen molar-refractivity contribution in [3.8, 4) is 0 Å². The van der Waals surface area contributed by atoms with E-state index in [-0.39, 0.29) is 20.2 Å². The molecule has 1 aromatic rings. The maximum Gasteiger partial charge on any atom is 0.300 e. The Hall–Kier alpha value is -0.740. The standard InChI is InChI=1S/C10H14ClN3O4S2/c1-12-5-7-2-3-13(6-7)20(17,18)9-4-8(14(15)16)10(11)19-9/h4,7,12H,2-3,5-6H2,1H3.